The van der Waals surface area contributed by atoms with Gasteiger partial charge in [-0.25, -0.2) is 0 Å². The summed E-state index contributed by atoms with van der Waals surface area (Å²) in [5.41, 5.74) is 0.916. The maximum Gasteiger partial charge on any atom is 0.239 e. The van der Waals surface area contributed by atoms with Gasteiger partial charge in [0, 0.05) is 22.1 Å². The average Bonchev–Trinajstić information content (AvgIpc) is 2.47. The van der Waals surface area contributed by atoms with E-state index >= 15 is 0 Å². The van der Waals surface area contributed by atoms with Crippen molar-refractivity contribution in [2.75, 3.05) is 18.4 Å². The molecule has 0 saturated heterocycles. The fourth-order valence-corrected chi connectivity index (χ4v) is 2.39. The van der Waals surface area contributed by atoms with Gasteiger partial charge in [0.1, 0.15) is 0 Å². The molecule has 0 heterocycles. The smallest absolute Gasteiger partial charge is 0.239 e. The predicted molar refractivity (Wildman–Crippen MR) is 83.4 cm³/mol. The topological polar surface area (TPSA) is 64.9 Å². The molecule has 20 heavy (non-hydrogen) atoms. The molecule has 0 aliphatic heterocycles. The summed E-state index contributed by atoms with van der Waals surface area (Å²) in [5.74, 6) is -0.118. The van der Waals surface area contributed by atoms with Gasteiger partial charge in [-0.2, -0.15) is 5.26 Å². The lowest BCUT2D eigenvalue weighted by Gasteiger charge is -2.11. The normalized spacial score (nSPS) is 10.0. The van der Waals surface area contributed by atoms with E-state index in [2.05, 4.69) is 26.6 Å². The maximum atomic E-state index is 11.6. The van der Waals surface area contributed by atoms with Crippen LogP contribution in [-0.4, -0.2) is 19.0 Å². The molecule has 0 radical (unpaired) electrons. The summed E-state index contributed by atoms with van der Waals surface area (Å²) < 4.78 is 1.03. The van der Waals surface area contributed by atoms with Gasteiger partial charge in [0.05, 0.1) is 19.0 Å². The van der Waals surface area contributed by atoms with Crippen molar-refractivity contribution in [1.82, 2.24) is 5.32 Å². The average molecular weight is 332 g/mol. The molecule has 2 aromatic carbocycles. The summed E-state index contributed by atoms with van der Waals surface area (Å²) in [6.07, 6.45) is 0.326. The molecule has 0 aliphatic rings. The van der Waals surface area contributed by atoms with Gasteiger partial charge in [0.15, 0.2) is 0 Å². The summed E-state index contributed by atoms with van der Waals surface area (Å²) in [6.45, 7) is 0.579. The van der Waals surface area contributed by atoms with Crippen molar-refractivity contribution >= 4 is 38.3 Å². The van der Waals surface area contributed by atoms with Crippen molar-refractivity contribution in [2.24, 2.45) is 0 Å². The lowest BCUT2D eigenvalue weighted by molar-refractivity contribution is -0.119. The third-order valence-electron chi connectivity index (χ3n) is 2.87. The van der Waals surface area contributed by atoms with Crippen LogP contribution in [0.4, 0.5) is 5.69 Å². The first-order valence-corrected chi connectivity index (χ1v) is 7.06. The molecule has 0 unspecified atom stereocenters. The summed E-state index contributed by atoms with van der Waals surface area (Å²) in [6, 6.07) is 13.9. The zero-order valence-electron chi connectivity index (χ0n) is 10.8. The number of anilines is 1. The number of nitrogens with one attached hydrogen (secondary N) is 2. The molecular weight excluding hydrogens is 318 g/mol. The maximum absolute atomic E-state index is 11.6. The third-order valence-corrected chi connectivity index (χ3v) is 3.56. The van der Waals surface area contributed by atoms with Crippen molar-refractivity contribution in [1.29, 1.82) is 5.26 Å². The SMILES string of the molecule is N#CCCNC(=O)CNc1ccc(Br)c2ccccc12. The lowest BCUT2D eigenvalue weighted by Crippen LogP contribution is -2.30. The summed E-state index contributed by atoms with van der Waals surface area (Å²) in [7, 11) is 0. The number of rotatable bonds is 5. The monoisotopic (exact) mass is 331 g/mol. The Balaban J connectivity index is 2.06. The van der Waals surface area contributed by atoms with Crippen molar-refractivity contribution < 1.29 is 4.79 Å². The fraction of sp³-hybridized carbons (Fsp3) is 0.200. The van der Waals surface area contributed by atoms with Crippen LogP contribution < -0.4 is 10.6 Å². The highest BCUT2D eigenvalue weighted by molar-refractivity contribution is 9.10. The molecule has 0 spiro atoms. The standard InChI is InChI=1S/C15H14BrN3O/c16-13-6-7-14(12-5-2-1-4-11(12)13)19-10-15(20)18-9-3-8-17/h1-2,4-7,19H,3,9-10H2,(H,18,20). The van der Waals surface area contributed by atoms with Crippen molar-refractivity contribution in [3.63, 3.8) is 0 Å². The van der Waals surface area contributed by atoms with Crippen molar-refractivity contribution in [3.8, 4) is 6.07 Å². The second-order valence-electron chi connectivity index (χ2n) is 4.25. The van der Waals surface area contributed by atoms with Gasteiger partial charge in [-0.15, -0.1) is 0 Å². The van der Waals surface area contributed by atoms with E-state index in [1.165, 1.54) is 0 Å². The lowest BCUT2D eigenvalue weighted by atomic mass is 10.1. The van der Waals surface area contributed by atoms with Crippen LogP contribution in [0.25, 0.3) is 10.8 Å². The third kappa shape index (κ3) is 3.49. The molecule has 1 amide bonds. The van der Waals surface area contributed by atoms with E-state index in [1.54, 1.807) is 0 Å². The molecule has 4 nitrogen and oxygen atoms in total. The number of nitriles is 1. The van der Waals surface area contributed by atoms with Crippen LogP contribution in [-0.2, 0) is 4.79 Å². The Morgan fingerprint density at radius 3 is 2.70 bits per heavy atom. The van der Waals surface area contributed by atoms with Gasteiger partial charge in [-0.3, -0.25) is 4.79 Å². The van der Waals surface area contributed by atoms with Gasteiger partial charge in [0.25, 0.3) is 0 Å². The molecule has 0 aliphatic carbocycles. The number of fused-ring (bicyclic) bond motifs is 1. The Hall–Kier alpha value is -2.06. The van der Waals surface area contributed by atoms with E-state index in [1.807, 2.05) is 42.5 Å². The Morgan fingerprint density at radius 2 is 1.95 bits per heavy atom. The van der Waals surface area contributed by atoms with Gasteiger partial charge in [-0.1, -0.05) is 40.2 Å². The second-order valence-corrected chi connectivity index (χ2v) is 5.11. The molecule has 0 aromatic heterocycles. The molecule has 0 fully saturated rings. The van der Waals surface area contributed by atoms with Crippen LogP contribution in [0.5, 0.6) is 0 Å². The minimum atomic E-state index is -0.118. The number of benzene rings is 2. The largest absolute Gasteiger partial charge is 0.376 e. The fourth-order valence-electron chi connectivity index (χ4n) is 1.91. The molecule has 0 atom stereocenters. The zero-order chi connectivity index (χ0) is 14.4. The van der Waals surface area contributed by atoms with Crippen LogP contribution in [0, 0.1) is 11.3 Å². The van der Waals surface area contributed by atoms with E-state index in [9.17, 15) is 4.79 Å². The van der Waals surface area contributed by atoms with Crippen LogP contribution in [0.3, 0.4) is 0 Å². The summed E-state index contributed by atoms with van der Waals surface area (Å²) >= 11 is 3.52. The minimum Gasteiger partial charge on any atom is -0.376 e. The first kappa shape index (κ1) is 14.4. The van der Waals surface area contributed by atoms with Gasteiger partial charge in [0.2, 0.25) is 5.91 Å². The Bertz CT molecular complexity index is 664. The first-order chi connectivity index (χ1) is 9.72. The molecule has 2 rings (SSSR count). The van der Waals surface area contributed by atoms with E-state index < -0.39 is 0 Å². The number of carbonyl (C=O) groups excluding carboxylic acids is 1. The van der Waals surface area contributed by atoms with Crippen molar-refractivity contribution in [2.45, 2.75) is 6.42 Å². The second kappa shape index (κ2) is 6.92. The minimum absolute atomic E-state index is 0.118. The molecule has 5 heteroatoms. The van der Waals surface area contributed by atoms with Crippen LogP contribution in [0.2, 0.25) is 0 Å². The molecule has 0 saturated carbocycles. The molecule has 102 valence electrons. The highest BCUT2D eigenvalue weighted by atomic mass is 79.9. The van der Waals surface area contributed by atoms with E-state index in [0.29, 0.717) is 13.0 Å². The molecule has 0 bridgehead atoms. The summed E-state index contributed by atoms with van der Waals surface area (Å²) in [4.78, 5) is 11.6. The summed E-state index contributed by atoms with van der Waals surface area (Å²) in [5, 5.41) is 16.4. The van der Waals surface area contributed by atoms with Crippen LogP contribution >= 0.6 is 15.9 Å². The van der Waals surface area contributed by atoms with Gasteiger partial charge >= 0.3 is 0 Å². The zero-order valence-corrected chi connectivity index (χ0v) is 12.4. The number of hydrogen-bond acceptors (Lipinski definition) is 3. The number of halogens is 1. The number of carbonyl (C=O) groups is 1. The Kier molecular flexibility index (Phi) is 4.97. The predicted octanol–water partition coefficient (Wildman–Crippen LogP) is 3.04. The van der Waals surface area contributed by atoms with Crippen molar-refractivity contribution in [3.05, 3.63) is 40.9 Å². The number of nitrogens with zero attached hydrogens (tertiary/aromatic N) is 1. The highest BCUT2D eigenvalue weighted by Crippen LogP contribution is 2.29. The quantitative estimate of drug-likeness (QED) is 0.827. The van der Waals surface area contributed by atoms with E-state index in [-0.39, 0.29) is 12.5 Å². The van der Waals surface area contributed by atoms with Gasteiger partial charge < -0.3 is 10.6 Å². The van der Waals surface area contributed by atoms with E-state index in [0.717, 1.165) is 20.9 Å². The Morgan fingerprint density at radius 1 is 1.20 bits per heavy atom. The molecular formula is C15H14BrN3O. The number of amides is 1. The molecule has 2 N–H and O–H groups in total. The Labute approximate surface area is 125 Å². The van der Waals surface area contributed by atoms with Crippen LogP contribution in [0.15, 0.2) is 40.9 Å². The van der Waals surface area contributed by atoms with E-state index in [4.69, 9.17) is 5.26 Å². The van der Waals surface area contributed by atoms with Crippen LogP contribution in [0.1, 0.15) is 6.42 Å². The number of hydrogen-bond donors (Lipinski definition) is 2. The van der Waals surface area contributed by atoms with Gasteiger partial charge in [-0.05, 0) is 17.5 Å². The first-order valence-electron chi connectivity index (χ1n) is 6.27. The highest BCUT2D eigenvalue weighted by Gasteiger charge is 2.05. The molecule has 2 aromatic rings.